The minimum atomic E-state index is 0.664. The van der Waals surface area contributed by atoms with E-state index in [1.165, 1.54) is 5.56 Å². The maximum atomic E-state index is 4.28. The van der Waals surface area contributed by atoms with E-state index in [0.29, 0.717) is 6.54 Å². The molecule has 0 atom stereocenters. The van der Waals surface area contributed by atoms with E-state index >= 15 is 0 Å². The fourth-order valence-corrected chi connectivity index (χ4v) is 1.61. The molecule has 0 saturated carbocycles. The van der Waals surface area contributed by atoms with Gasteiger partial charge in [0.05, 0.1) is 6.20 Å². The lowest BCUT2D eigenvalue weighted by atomic mass is 10.4. The summed E-state index contributed by atoms with van der Waals surface area (Å²) in [5.41, 5.74) is 1.17. The Labute approximate surface area is 94.3 Å². The van der Waals surface area contributed by atoms with Crippen molar-refractivity contribution in [1.29, 1.82) is 0 Å². The topological polar surface area (TPSA) is 60.6 Å². The normalized spacial score (nSPS) is 10.9. The number of hydrogen-bond donors (Lipinski definition) is 1. The Morgan fingerprint density at radius 3 is 3.00 bits per heavy atom. The molecular formula is C10H16N6. The molecular weight excluding hydrogens is 204 g/mol. The van der Waals surface area contributed by atoms with Gasteiger partial charge in [-0.1, -0.05) is 0 Å². The third-order valence-electron chi connectivity index (χ3n) is 2.37. The Kier molecular flexibility index (Phi) is 3.31. The van der Waals surface area contributed by atoms with Crippen molar-refractivity contribution >= 4 is 0 Å². The lowest BCUT2D eigenvalue weighted by Gasteiger charge is -2.02. The van der Waals surface area contributed by atoms with E-state index in [9.17, 15) is 0 Å². The first kappa shape index (κ1) is 10.8. The van der Waals surface area contributed by atoms with Crippen molar-refractivity contribution in [2.24, 2.45) is 0 Å². The van der Waals surface area contributed by atoms with Crippen molar-refractivity contribution in [3.63, 3.8) is 0 Å². The lowest BCUT2D eigenvalue weighted by Crippen LogP contribution is -2.09. The van der Waals surface area contributed by atoms with Crippen molar-refractivity contribution in [2.75, 3.05) is 7.05 Å². The Balaban J connectivity index is 2.08. The molecule has 0 spiro atoms. The van der Waals surface area contributed by atoms with Crippen molar-refractivity contribution in [3.05, 3.63) is 30.1 Å². The Morgan fingerprint density at radius 1 is 1.38 bits per heavy atom. The summed E-state index contributed by atoms with van der Waals surface area (Å²) < 4.78 is 3.75. The molecule has 1 N–H and O–H groups in total. The van der Waals surface area contributed by atoms with Gasteiger partial charge in [-0.3, -0.25) is 4.68 Å². The molecule has 0 bridgehead atoms. The van der Waals surface area contributed by atoms with E-state index in [-0.39, 0.29) is 0 Å². The molecule has 0 aromatic carbocycles. The summed E-state index contributed by atoms with van der Waals surface area (Å²) in [5.74, 6) is 0.932. The predicted molar refractivity (Wildman–Crippen MR) is 59.8 cm³/mol. The zero-order valence-electron chi connectivity index (χ0n) is 9.59. The summed E-state index contributed by atoms with van der Waals surface area (Å²) in [7, 11) is 1.92. The highest BCUT2D eigenvalue weighted by Gasteiger charge is 2.04. The summed E-state index contributed by atoms with van der Waals surface area (Å²) >= 11 is 0. The maximum absolute atomic E-state index is 4.28. The van der Waals surface area contributed by atoms with Gasteiger partial charge in [0.15, 0.2) is 0 Å². The quantitative estimate of drug-likeness (QED) is 0.785. The number of nitrogens with zero attached hydrogens (tertiary/aromatic N) is 5. The molecule has 0 amide bonds. The molecule has 2 aromatic heterocycles. The highest BCUT2D eigenvalue weighted by molar-refractivity contribution is 5.04. The minimum absolute atomic E-state index is 0.664. The van der Waals surface area contributed by atoms with Crippen LogP contribution in [0.15, 0.2) is 18.7 Å². The van der Waals surface area contributed by atoms with Crippen molar-refractivity contribution in [2.45, 2.75) is 26.6 Å². The third-order valence-corrected chi connectivity index (χ3v) is 2.37. The van der Waals surface area contributed by atoms with Crippen molar-refractivity contribution in [3.8, 4) is 0 Å². The van der Waals surface area contributed by atoms with E-state index in [4.69, 9.17) is 0 Å². The van der Waals surface area contributed by atoms with Crippen LogP contribution in [-0.4, -0.2) is 31.6 Å². The molecule has 2 rings (SSSR count). The van der Waals surface area contributed by atoms with Crippen LogP contribution in [0.25, 0.3) is 0 Å². The van der Waals surface area contributed by atoms with Crippen LogP contribution in [0.5, 0.6) is 0 Å². The van der Waals surface area contributed by atoms with E-state index in [1.54, 1.807) is 6.33 Å². The number of rotatable bonds is 5. The Bertz CT molecular complexity index is 444. The largest absolute Gasteiger partial charge is 0.316 e. The van der Waals surface area contributed by atoms with Gasteiger partial charge in [-0.2, -0.15) is 10.2 Å². The van der Waals surface area contributed by atoms with E-state index in [1.807, 2.05) is 35.7 Å². The summed E-state index contributed by atoms with van der Waals surface area (Å²) in [5, 5.41) is 11.5. The number of nitrogens with one attached hydrogen (secondary N) is 1. The first-order valence-electron chi connectivity index (χ1n) is 5.36. The van der Waals surface area contributed by atoms with Crippen molar-refractivity contribution < 1.29 is 0 Å². The molecule has 0 aliphatic heterocycles. The summed E-state index contributed by atoms with van der Waals surface area (Å²) in [4.78, 5) is 4.21. The summed E-state index contributed by atoms with van der Waals surface area (Å²) in [6.45, 7) is 4.38. The highest BCUT2D eigenvalue weighted by Crippen LogP contribution is 2.01. The molecule has 2 heterocycles. The van der Waals surface area contributed by atoms with Crippen LogP contribution in [0.2, 0.25) is 0 Å². The van der Waals surface area contributed by atoms with Gasteiger partial charge in [0, 0.05) is 24.8 Å². The first-order chi connectivity index (χ1) is 7.83. The van der Waals surface area contributed by atoms with Gasteiger partial charge in [0.25, 0.3) is 0 Å². The third kappa shape index (κ3) is 2.27. The molecule has 2 aromatic rings. The maximum Gasteiger partial charge on any atom is 0.148 e. The van der Waals surface area contributed by atoms with Gasteiger partial charge in [-0.25, -0.2) is 9.67 Å². The summed E-state index contributed by atoms with van der Waals surface area (Å²) in [6.07, 6.45) is 5.46. The zero-order chi connectivity index (χ0) is 11.4. The van der Waals surface area contributed by atoms with Gasteiger partial charge < -0.3 is 5.32 Å². The monoisotopic (exact) mass is 220 g/mol. The Hall–Kier alpha value is -1.69. The molecule has 16 heavy (non-hydrogen) atoms. The predicted octanol–water partition coefficient (Wildman–Crippen LogP) is 0.262. The van der Waals surface area contributed by atoms with Crippen LogP contribution in [0.1, 0.15) is 18.3 Å². The van der Waals surface area contributed by atoms with Gasteiger partial charge in [0.2, 0.25) is 0 Å². The average Bonchev–Trinajstić information content (AvgIpc) is 2.89. The van der Waals surface area contributed by atoms with E-state index < -0.39 is 0 Å². The van der Waals surface area contributed by atoms with Crippen molar-refractivity contribution in [1.82, 2.24) is 29.9 Å². The van der Waals surface area contributed by atoms with Crippen LogP contribution < -0.4 is 5.32 Å². The fraction of sp³-hybridized carbons (Fsp3) is 0.500. The van der Waals surface area contributed by atoms with Crippen LogP contribution in [0, 0.1) is 0 Å². The average molecular weight is 220 g/mol. The molecule has 6 heteroatoms. The SMILES string of the molecule is CCn1ncnc1Cn1cc(CNC)cn1. The van der Waals surface area contributed by atoms with Crippen LogP contribution in [0.4, 0.5) is 0 Å². The van der Waals surface area contributed by atoms with Crippen LogP contribution in [-0.2, 0) is 19.6 Å². The molecule has 0 radical (unpaired) electrons. The first-order valence-corrected chi connectivity index (χ1v) is 5.36. The van der Waals surface area contributed by atoms with Gasteiger partial charge in [-0.15, -0.1) is 0 Å². The second-order valence-corrected chi connectivity index (χ2v) is 3.57. The second-order valence-electron chi connectivity index (χ2n) is 3.57. The number of aromatic nitrogens is 5. The standard InChI is InChI=1S/C10H16N6/c1-3-16-10(12-8-14-16)7-15-6-9(4-11-2)5-13-15/h5-6,8,11H,3-4,7H2,1-2H3. The van der Waals surface area contributed by atoms with Gasteiger partial charge >= 0.3 is 0 Å². The molecule has 0 aliphatic rings. The lowest BCUT2D eigenvalue weighted by molar-refractivity contribution is 0.567. The molecule has 0 fully saturated rings. The zero-order valence-corrected chi connectivity index (χ0v) is 9.59. The van der Waals surface area contributed by atoms with Gasteiger partial charge in [0.1, 0.15) is 18.7 Å². The van der Waals surface area contributed by atoms with E-state index in [0.717, 1.165) is 18.9 Å². The fourth-order valence-electron chi connectivity index (χ4n) is 1.61. The highest BCUT2D eigenvalue weighted by atomic mass is 15.4. The molecule has 86 valence electrons. The van der Waals surface area contributed by atoms with E-state index in [2.05, 4.69) is 20.5 Å². The Morgan fingerprint density at radius 2 is 2.25 bits per heavy atom. The smallest absolute Gasteiger partial charge is 0.148 e. The molecule has 0 unspecified atom stereocenters. The molecule has 0 aliphatic carbocycles. The van der Waals surface area contributed by atoms with Crippen LogP contribution >= 0.6 is 0 Å². The number of hydrogen-bond acceptors (Lipinski definition) is 4. The molecule has 0 saturated heterocycles. The summed E-state index contributed by atoms with van der Waals surface area (Å²) in [6, 6.07) is 0. The molecule has 6 nitrogen and oxygen atoms in total. The van der Waals surface area contributed by atoms with Gasteiger partial charge in [-0.05, 0) is 14.0 Å². The minimum Gasteiger partial charge on any atom is -0.316 e. The van der Waals surface area contributed by atoms with Crippen LogP contribution in [0.3, 0.4) is 0 Å². The second kappa shape index (κ2) is 4.89. The number of aryl methyl sites for hydroxylation is 1.